The van der Waals surface area contributed by atoms with Crippen LogP contribution in [0.4, 0.5) is 5.69 Å². The van der Waals surface area contributed by atoms with Gasteiger partial charge in [0.2, 0.25) is 5.91 Å². The van der Waals surface area contributed by atoms with Gasteiger partial charge in [0.25, 0.3) is 5.91 Å². The Balaban J connectivity index is 2.98. The summed E-state index contributed by atoms with van der Waals surface area (Å²) in [5.74, 6) is -0.179. The molecule has 1 atom stereocenters. The minimum Gasteiger partial charge on any atom is -0.345 e. The third kappa shape index (κ3) is 4.06. The molecule has 0 fully saturated rings. The van der Waals surface area contributed by atoms with E-state index in [2.05, 4.69) is 21.2 Å². The number of rotatable bonds is 4. The molecule has 0 radical (unpaired) electrons. The highest BCUT2D eigenvalue weighted by molar-refractivity contribution is 9.10. The highest BCUT2D eigenvalue weighted by atomic mass is 79.9. The lowest BCUT2D eigenvalue weighted by Gasteiger charge is -2.14. The summed E-state index contributed by atoms with van der Waals surface area (Å²) in [4.78, 5) is 25.0. The first kappa shape index (κ1) is 15.7. The van der Waals surface area contributed by atoms with E-state index in [1.54, 1.807) is 26.2 Å². The summed E-state index contributed by atoms with van der Waals surface area (Å²) in [6, 6.07) is 5.31. The van der Waals surface area contributed by atoms with Crippen molar-refractivity contribution < 1.29 is 9.59 Å². The molecule has 5 heteroatoms. The SMILES string of the molecule is CCC(Br)C(=O)Nc1cc(C(=O)N(C)C)ccc1C. The van der Waals surface area contributed by atoms with Crippen molar-refractivity contribution in [3.63, 3.8) is 0 Å². The Bertz CT molecular complexity index is 486. The van der Waals surface area contributed by atoms with Gasteiger partial charge in [0.15, 0.2) is 0 Å². The Kier molecular flexibility index (Phi) is 5.54. The number of carbonyl (C=O) groups excluding carboxylic acids is 2. The second-order valence-corrected chi connectivity index (χ2v) is 5.70. The van der Waals surface area contributed by atoms with Gasteiger partial charge in [-0.2, -0.15) is 0 Å². The molecule has 0 aliphatic rings. The second kappa shape index (κ2) is 6.70. The number of hydrogen-bond donors (Lipinski definition) is 1. The molecule has 0 bridgehead atoms. The van der Waals surface area contributed by atoms with Crippen molar-refractivity contribution in [3.8, 4) is 0 Å². The van der Waals surface area contributed by atoms with Gasteiger partial charge in [-0.15, -0.1) is 0 Å². The number of hydrogen-bond acceptors (Lipinski definition) is 2. The lowest BCUT2D eigenvalue weighted by Crippen LogP contribution is -2.24. The quantitative estimate of drug-likeness (QED) is 0.865. The number of halogens is 1. The van der Waals surface area contributed by atoms with E-state index >= 15 is 0 Å². The monoisotopic (exact) mass is 326 g/mol. The summed E-state index contributed by atoms with van der Waals surface area (Å²) < 4.78 is 0. The summed E-state index contributed by atoms with van der Waals surface area (Å²) >= 11 is 3.31. The molecule has 0 aliphatic heterocycles. The molecule has 1 aromatic rings. The van der Waals surface area contributed by atoms with E-state index in [0.29, 0.717) is 17.7 Å². The van der Waals surface area contributed by atoms with Gasteiger partial charge < -0.3 is 10.2 Å². The molecule has 1 rings (SSSR count). The Morgan fingerprint density at radius 3 is 2.53 bits per heavy atom. The van der Waals surface area contributed by atoms with Crippen LogP contribution in [0.3, 0.4) is 0 Å². The van der Waals surface area contributed by atoms with Crippen LogP contribution in [0, 0.1) is 6.92 Å². The fraction of sp³-hybridized carbons (Fsp3) is 0.429. The van der Waals surface area contributed by atoms with Crippen LogP contribution in [0.5, 0.6) is 0 Å². The van der Waals surface area contributed by atoms with Gasteiger partial charge in [0.1, 0.15) is 0 Å². The first-order chi connectivity index (χ1) is 8.86. The van der Waals surface area contributed by atoms with E-state index in [4.69, 9.17) is 0 Å². The lowest BCUT2D eigenvalue weighted by molar-refractivity contribution is -0.115. The second-order valence-electron chi connectivity index (χ2n) is 4.59. The van der Waals surface area contributed by atoms with Crippen molar-refractivity contribution in [3.05, 3.63) is 29.3 Å². The predicted octanol–water partition coefficient (Wildman–Crippen LogP) is 2.81. The van der Waals surface area contributed by atoms with Gasteiger partial charge >= 0.3 is 0 Å². The Morgan fingerprint density at radius 1 is 1.37 bits per heavy atom. The molecule has 1 unspecified atom stereocenters. The molecule has 0 saturated heterocycles. The number of aryl methyl sites for hydroxylation is 1. The van der Waals surface area contributed by atoms with Crippen molar-refractivity contribution in [2.75, 3.05) is 19.4 Å². The highest BCUT2D eigenvalue weighted by Crippen LogP contribution is 2.19. The van der Waals surface area contributed by atoms with E-state index in [-0.39, 0.29) is 16.6 Å². The zero-order chi connectivity index (χ0) is 14.6. The molecule has 104 valence electrons. The summed E-state index contributed by atoms with van der Waals surface area (Å²) in [5, 5.41) is 2.84. The van der Waals surface area contributed by atoms with Crippen molar-refractivity contribution in [2.45, 2.75) is 25.1 Å². The van der Waals surface area contributed by atoms with Crippen LogP contribution < -0.4 is 5.32 Å². The molecule has 0 aliphatic carbocycles. The first-order valence-corrected chi connectivity index (χ1v) is 7.05. The number of nitrogens with zero attached hydrogens (tertiary/aromatic N) is 1. The number of nitrogens with one attached hydrogen (secondary N) is 1. The minimum atomic E-state index is -0.222. The molecule has 0 saturated carbocycles. The highest BCUT2D eigenvalue weighted by Gasteiger charge is 2.15. The summed E-state index contributed by atoms with van der Waals surface area (Å²) in [7, 11) is 3.40. The maximum Gasteiger partial charge on any atom is 0.253 e. The molecule has 1 N–H and O–H groups in total. The Hall–Kier alpha value is -1.36. The predicted molar refractivity (Wildman–Crippen MR) is 80.8 cm³/mol. The minimum absolute atomic E-state index is 0.0821. The van der Waals surface area contributed by atoms with Crippen molar-refractivity contribution in [1.82, 2.24) is 4.90 Å². The Labute approximate surface area is 122 Å². The van der Waals surface area contributed by atoms with Crippen LogP contribution in [0.1, 0.15) is 29.3 Å². The first-order valence-electron chi connectivity index (χ1n) is 6.14. The van der Waals surface area contributed by atoms with Crippen molar-refractivity contribution in [1.29, 1.82) is 0 Å². The molecular formula is C14H19BrN2O2. The average Bonchev–Trinajstić information content (AvgIpc) is 2.39. The number of amides is 2. The van der Waals surface area contributed by atoms with E-state index in [9.17, 15) is 9.59 Å². The maximum absolute atomic E-state index is 11.9. The van der Waals surface area contributed by atoms with E-state index in [0.717, 1.165) is 5.56 Å². The smallest absolute Gasteiger partial charge is 0.253 e. The third-order valence-corrected chi connectivity index (χ3v) is 3.85. The fourth-order valence-electron chi connectivity index (χ4n) is 1.54. The van der Waals surface area contributed by atoms with Gasteiger partial charge in [0, 0.05) is 25.3 Å². The average molecular weight is 327 g/mol. The summed E-state index contributed by atoms with van der Waals surface area (Å²) in [6.07, 6.45) is 0.710. The van der Waals surface area contributed by atoms with Crippen LogP contribution in [0.25, 0.3) is 0 Å². The zero-order valence-electron chi connectivity index (χ0n) is 11.7. The number of carbonyl (C=O) groups is 2. The van der Waals surface area contributed by atoms with Gasteiger partial charge in [-0.1, -0.05) is 28.9 Å². The number of benzene rings is 1. The van der Waals surface area contributed by atoms with Gasteiger partial charge in [-0.3, -0.25) is 9.59 Å². The third-order valence-electron chi connectivity index (χ3n) is 2.79. The fourth-order valence-corrected chi connectivity index (χ4v) is 1.66. The summed E-state index contributed by atoms with van der Waals surface area (Å²) in [6.45, 7) is 3.83. The largest absolute Gasteiger partial charge is 0.345 e. The normalized spacial score (nSPS) is 11.8. The van der Waals surface area contributed by atoms with Crippen molar-refractivity contribution >= 4 is 33.4 Å². The lowest BCUT2D eigenvalue weighted by atomic mass is 10.1. The van der Waals surface area contributed by atoms with Crippen LogP contribution >= 0.6 is 15.9 Å². The maximum atomic E-state index is 11.9. The summed E-state index contributed by atoms with van der Waals surface area (Å²) in [5.41, 5.74) is 2.17. The molecule has 2 amide bonds. The van der Waals surface area contributed by atoms with E-state index in [1.165, 1.54) is 4.90 Å². The molecule has 4 nitrogen and oxygen atoms in total. The molecule has 19 heavy (non-hydrogen) atoms. The molecule has 0 spiro atoms. The standard InChI is InChI=1S/C14H19BrN2O2/c1-5-11(15)13(18)16-12-8-10(7-6-9(12)2)14(19)17(3)4/h6-8,11H,5H2,1-4H3,(H,16,18). The van der Waals surface area contributed by atoms with E-state index < -0.39 is 0 Å². The number of alkyl halides is 1. The number of anilines is 1. The van der Waals surface area contributed by atoms with Crippen LogP contribution in [0.15, 0.2) is 18.2 Å². The van der Waals surface area contributed by atoms with Crippen molar-refractivity contribution in [2.24, 2.45) is 0 Å². The van der Waals surface area contributed by atoms with Gasteiger partial charge in [0.05, 0.1) is 4.83 Å². The van der Waals surface area contributed by atoms with Gasteiger partial charge in [-0.25, -0.2) is 0 Å². The molecular weight excluding hydrogens is 308 g/mol. The molecule has 0 heterocycles. The molecule has 1 aromatic carbocycles. The molecule has 0 aromatic heterocycles. The van der Waals surface area contributed by atoms with E-state index in [1.807, 2.05) is 19.9 Å². The van der Waals surface area contributed by atoms with Crippen LogP contribution in [-0.2, 0) is 4.79 Å². The van der Waals surface area contributed by atoms with Crippen LogP contribution in [-0.4, -0.2) is 35.6 Å². The Morgan fingerprint density at radius 2 is 2.00 bits per heavy atom. The van der Waals surface area contributed by atoms with Gasteiger partial charge in [-0.05, 0) is 31.0 Å². The topological polar surface area (TPSA) is 49.4 Å². The van der Waals surface area contributed by atoms with Crippen LogP contribution in [0.2, 0.25) is 0 Å². The zero-order valence-corrected chi connectivity index (χ0v) is 13.2.